The second-order valence-electron chi connectivity index (χ2n) is 10.2. The molecule has 1 atom stereocenters. The molecule has 8 heteroatoms. The predicted octanol–water partition coefficient (Wildman–Crippen LogP) is 9.88. The second-order valence-corrected chi connectivity index (χ2v) is 10.2. The van der Waals surface area contributed by atoms with Gasteiger partial charge in [-0.15, -0.1) is 0 Å². The van der Waals surface area contributed by atoms with Crippen LogP contribution in [-0.2, 0) is 6.61 Å². The number of hydrogen-bond donors (Lipinski definition) is 0. The molecule has 3 aromatic rings. The Balaban J connectivity index is 1.28. The van der Waals surface area contributed by atoms with E-state index in [1.807, 2.05) is 24.3 Å². The van der Waals surface area contributed by atoms with Gasteiger partial charge in [-0.05, 0) is 84.0 Å². The van der Waals surface area contributed by atoms with Gasteiger partial charge in [0, 0.05) is 0 Å². The Bertz CT molecular complexity index is 1170. The molecule has 3 aromatic carbocycles. The number of hydrogen-bond acceptors (Lipinski definition) is 2. The van der Waals surface area contributed by atoms with E-state index in [-0.39, 0.29) is 6.61 Å². The van der Waals surface area contributed by atoms with E-state index >= 15 is 0 Å². The van der Waals surface area contributed by atoms with Crippen LogP contribution in [0, 0.1) is 5.92 Å². The number of ether oxygens (including phenoxy) is 2. The molecule has 0 saturated heterocycles. The van der Waals surface area contributed by atoms with Gasteiger partial charge >= 0.3 is 12.3 Å². The van der Waals surface area contributed by atoms with Gasteiger partial charge in [-0.1, -0.05) is 68.3 Å². The van der Waals surface area contributed by atoms with Crippen molar-refractivity contribution in [3.63, 3.8) is 0 Å². The highest BCUT2D eigenvalue weighted by Crippen LogP contribution is 2.38. The summed E-state index contributed by atoms with van der Waals surface area (Å²) in [7, 11) is 0. The zero-order valence-corrected chi connectivity index (χ0v) is 21.7. The van der Waals surface area contributed by atoms with Crippen LogP contribution in [0.1, 0.15) is 62.5 Å². The third-order valence-corrected chi connectivity index (χ3v) is 7.28. The van der Waals surface area contributed by atoms with Gasteiger partial charge in [0.15, 0.2) is 0 Å². The molecule has 0 radical (unpaired) electrons. The van der Waals surface area contributed by atoms with Crippen LogP contribution in [0.5, 0.6) is 11.5 Å². The molecule has 1 saturated carbocycles. The van der Waals surface area contributed by atoms with E-state index < -0.39 is 24.2 Å². The highest BCUT2D eigenvalue weighted by Gasteiger charge is 2.59. The van der Waals surface area contributed by atoms with Crippen molar-refractivity contribution in [2.24, 2.45) is 5.92 Å². The Morgan fingerprint density at radius 2 is 1.28 bits per heavy atom. The first kappa shape index (κ1) is 28.8. The molecule has 0 aromatic heterocycles. The molecule has 0 aliphatic heterocycles. The summed E-state index contributed by atoms with van der Waals surface area (Å²) in [6, 6.07) is 21.1. The average molecular weight is 551 g/mol. The summed E-state index contributed by atoms with van der Waals surface area (Å²) in [4.78, 5) is 0. The predicted molar refractivity (Wildman–Crippen MR) is 139 cm³/mol. The van der Waals surface area contributed by atoms with Crippen LogP contribution in [0.3, 0.4) is 0 Å². The minimum Gasteiger partial charge on any atom is -0.489 e. The van der Waals surface area contributed by atoms with Crippen molar-refractivity contribution in [1.29, 1.82) is 0 Å². The van der Waals surface area contributed by atoms with Crippen LogP contribution in [0.4, 0.5) is 26.3 Å². The highest BCUT2D eigenvalue weighted by molar-refractivity contribution is 5.64. The third kappa shape index (κ3) is 7.70. The van der Waals surface area contributed by atoms with Gasteiger partial charge in [0.1, 0.15) is 18.1 Å². The topological polar surface area (TPSA) is 18.5 Å². The summed E-state index contributed by atoms with van der Waals surface area (Å²) in [5, 5.41) is 0. The smallest absolute Gasteiger partial charge is 0.439 e. The fraction of sp³-hybridized carbons (Fsp3) is 0.419. The molecule has 1 fully saturated rings. The SMILES string of the molecule is CCCC1CCC(c2ccc(-c3ccc(OCc4ccc(OC(F)(F)C(F)C(F)(F)F)cc4)cc3)cc2)CC1. The Morgan fingerprint density at radius 3 is 1.82 bits per heavy atom. The number of halogens is 6. The molecule has 210 valence electrons. The van der Waals surface area contributed by atoms with Crippen LogP contribution >= 0.6 is 0 Å². The fourth-order valence-corrected chi connectivity index (χ4v) is 5.10. The van der Waals surface area contributed by atoms with Crippen molar-refractivity contribution in [3.05, 3.63) is 83.9 Å². The Labute approximate surface area is 225 Å². The minimum atomic E-state index is -5.73. The lowest BCUT2D eigenvalue weighted by Crippen LogP contribution is -2.45. The summed E-state index contributed by atoms with van der Waals surface area (Å²) in [6.45, 7) is 2.35. The molecule has 4 rings (SSSR count). The number of benzene rings is 3. The molecule has 0 N–H and O–H groups in total. The van der Waals surface area contributed by atoms with Gasteiger partial charge in [0.05, 0.1) is 0 Å². The fourth-order valence-electron chi connectivity index (χ4n) is 5.10. The molecular formula is C31H32F6O2. The van der Waals surface area contributed by atoms with E-state index in [4.69, 9.17) is 4.74 Å². The van der Waals surface area contributed by atoms with E-state index in [2.05, 4.69) is 35.9 Å². The second kappa shape index (κ2) is 12.3. The quantitative estimate of drug-likeness (QED) is 0.234. The maximum Gasteiger partial charge on any atom is 0.439 e. The molecule has 0 bridgehead atoms. The lowest BCUT2D eigenvalue weighted by Gasteiger charge is -2.28. The number of alkyl halides is 6. The van der Waals surface area contributed by atoms with Crippen molar-refractivity contribution in [2.45, 2.75) is 76.4 Å². The largest absolute Gasteiger partial charge is 0.489 e. The van der Waals surface area contributed by atoms with Gasteiger partial charge in [-0.2, -0.15) is 22.0 Å². The van der Waals surface area contributed by atoms with E-state index in [1.165, 1.54) is 56.2 Å². The summed E-state index contributed by atoms with van der Waals surface area (Å²) >= 11 is 0. The normalized spacial score (nSPS) is 18.9. The van der Waals surface area contributed by atoms with Gasteiger partial charge in [0.25, 0.3) is 6.17 Å². The Hall–Kier alpha value is -3.16. The zero-order valence-electron chi connectivity index (χ0n) is 21.7. The molecule has 2 nitrogen and oxygen atoms in total. The lowest BCUT2D eigenvalue weighted by atomic mass is 9.77. The first-order valence-corrected chi connectivity index (χ1v) is 13.2. The van der Waals surface area contributed by atoms with Crippen LogP contribution in [0.2, 0.25) is 0 Å². The van der Waals surface area contributed by atoms with E-state index in [0.717, 1.165) is 29.2 Å². The summed E-state index contributed by atoms with van der Waals surface area (Å²) in [6.07, 6.45) is -7.44. The first-order chi connectivity index (χ1) is 18.5. The van der Waals surface area contributed by atoms with Crippen molar-refractivity contribution < 1.29 is 35.8 Å². The van der Waals surface area contributed by atoms with Gasteiger partial charge in [-0.3, -0.25) is 0 Å². The molecule has 1 aliphatic carbocycles. The van der Waals surface area contributed by atoms with Crippen LogP contribution in [-0.4, -0.2) is 18.5 Å². The Kier molecular flexibility index (Phi) is 9.13. The van der Waals surface area contributed by atoms with Crippen LogP contribution < -0.4 is 9.47 Å². The lowest BCUT2D eigenvalue weighted by molar-refractivity contribution is -0.304. The minimum absolute atomic E-state index is 0.0967. The first-order valence-electron chi connectivity index (χ1n) is 13.2. The molecule has 0 amide bonds. The molecular weight excluding hydrogens is 518 g/mol. The van der Waals surface area contributed by atoms with Crippen molar-refractivity contribution in [3.8, 4) is 22.6 Å². The van der Waals surface area contributed by atoms with Crippen molar-refractivity contribution in [1.82, 2.24) is 0 Å². The average Bonchev–Trinajstić information content (AvgIpc) is 2.93. The zero-order chi connectivity index (χ0) is 28.0. The van der Waals surface area contributed by atoms with E-state index in [9.17, 15) is 26.3 Å². The third-order valence-electron chi connectivity index (χ3n) is 7.28. The van der Waals surface area contributed by atoms with Crippen LogP contribution in [0.15, 0.2) is 72.8 Å². The van der Waals surface area contributed by atoms with Crippen molar-refractivity contribution >= 4 is 0 Å². The molecule has 0 spiro atoms. The summed E-state index contributed by atoms with van der Waals surface area (Å²) in [5.74, 6) is 1.53. The monoisotopic (exact) mass is 550 g/mol. The number of rotatable bonds is 10. The van der Waals surface area contributed by atoms with Crippen LogP contribution in [0.25, 0.3) is 11.1 Å². The maximum atomic E-state index is 13.4. The summed E-state index contributed by atoms with van der Waals surface area (Å²) in [5.41, 5.74) is 4.13. The molecule has 1 aliphatic rings. The standard InChI is InChI=1S/C31H32F6O2/c1-2-3-21-4-8-23(9-5-21)24-10-12-25(13-11-24)26-14-18-27(19-15-26)38-20-22-6-16-28(17-7-22)39-31(36,37)29(32)30(33,34)35/h6-7,10-19,21,23,29H,2-5,8-9,20H2,1H3. The molecule has 0 heterocycles. The van der Waals surface area contributed by atoms with Gasteiger partial charge in [0.2, 0.25) is 0 Å². The maximum absolute atomic E-state index is 13.4. The molecule has 39 heavy (non-hydrogen) atoms. The van der Waals surface area contributed by atoms with Crippen molar-refractivity contribution in [2.75, 3.05) is 0 Å². The Morgan fingerprint density at radius 1 is 0.744 bits per heavy atom. The van der Waals surface area contributed by atoms with E-state index in [1.54, 1.807) is 0 Å². The summed E-state index contributed by atoms with van der Waals surface area (Å²) < 4.78 is 86.3. The highest BCUT2D eigenvalue weighted by atomic mass is 19.4. The van der Waals surface area contributed by atoms with Gasteiger partial charge in [-0.25, -0.2) is 4.39 Å². The molecule has 1 unspecified atom stereocenters. The van der Waals surface area contributed by atoms with Gasteiger partial charge < -0.3 is 9.47 Å². The van der Waals surface area contributed by atoms with E-state index in [0.29, 0.717) is 17.2 Å².